The number of hydrogen-bond acceptors (Lipinski definition) is 4. The zero-order valence-electron chi connectivity index (χ0n) is 19.2. The van der Waals surface area contributed by atoms with E-state index >= 15 is 0 Å². The molecule has 8 heteroatoms. The van der Waals surface area contributed by atoms with Gasteiger partial charge in [-0.2, -0.15) is 5.10 Å². The predicted molar refractivity (Wildman–Crippen MR) is 128 cm³/mol. The van der Waals surface area contributed by atoms with Gasteiger partial charge in [-0.3, -0.25) is 9.59 Å². The van der Waals surface area contributed by atoms with Gasteiger partial charge in [0.15, 0.2) is 0 Å². The van der Waals surface area contributed by atoms with Gasteiger partial charge < -0.3 is 10.6 Å². The molecule has 0 fully saturated rings. The monoisotopic (exact) mass is 456 g/mol. The molecule has 0 aliphatic carbocycles. The van der Waals surface area contributed by atoms with Gasteiger partial charge in [-0.15, -0.1) is 5.10 Å². The maximum atomic E-state index is 13.4. The smallest absolute Gasteiger partial charge is 0.267 e. The van der Waals surface area contributed by atoms with E-state index in [0.717, 1.165) is 17.5 Å². The van der Waals surface area contributed by atoms with E-state index in [1.165, 1.54) is 24.3 Å². The molecule has 0 unspecified atom stereocenters. The van der Waals surface area contributed by atoms with Gasteiger partial charge >= 0.3 is 0 Å². The maximum absolute atomic E-state index is 13.4. The number of rotatable bonds is 12. The molecule has 0 heterocycles. The molecule has 6 nitrogen and oxygen atoms in total. The third-order valence-corrected chi connectivity index (χ3v) is 4.95. The number of amides is 2. The van der Waals surface area contributed by atoms with Gasteiger partial charge in [0.05, 0.1) is 0 Å². The largest absolute Gasteiger partial charge is 0.348 e. The summed E-state index contributed by atoms with van der Waals surface area (Å²) in [5, 5.41) is 13.8. The van der Waals surface area contributed by atoms with Crippen LogP contribution in [0.1, 0.15) is 51.2 Å². The molecule has 0 spiro atoms. The third-order valence-electron chi connectivity index (χ3n) is 4.95. The second-order valence-electron chi connectivity index (χ2n) is 7.92. The van der Waals surface area contributed by atoms with Crippen molar-refractivity contribution in [3.05, 3.63) is 65.2 Å². The summed E-state index contributed by atoms with van der Waals surface area (Å²) < 4.78 is 26.8. The molecule has 33 heavy (non-hydrogen) atoms. The molecule has 0 bridgehead atoms. The highest BCUT2D eigenvalue weighted by Crippen LogP contribution is 2.19. The lowest BCUT2D eigenvalue weighted by atomic mass is 10.0. The fraction of sp³-hybridized carbons (Fsp3) is 0.360. The first-order valence-electron chi connectivity index (χ1n) is 11.0. The van der Waals surface area contributed by atoms with Crippen molar-refractivity contribution in [2.75, 3.05) is 5.32 Å². The Morgan fingerprint density at radius 1 is 1.12 bits per heavy atom. The van der Waals surface area contributed by atoms with Crippen LogP contribution in [0.3, 0.4) is 0 Å². The van der Waals surface area contributed by atoms with Crippen LogP contribution in [0.2, 0.25) is 0 Å². The summed E-state index contributed by atoms with van der Waals surface area (Å²) in [4.78, 5) is 23.5. The normalized spacial score (nSPS) is 12.9. The SMILES string of the molecule is CCC/C(=N\N=C(/C)Cc1cccc(F)c1)C(=O)N[C@H](C)CCc1ccc(F)cc1NC=O. The minimum Gasteiger partial charge on any atom is -0.348 e. The molecule has 0 aliphatic rings. The first-order valence-corrected chi connectivity index (χ1v) is 11.0. The molecule has 176 valence electrons. The average Bonchev–Trinajstić information content (AvgIpc) is 2.76. The number of aryl methyl sites for hydroxylation is 1. The lowest BCUT2D eigenvalue weighted by Crippen LogP contribution is -2.37. The highest BCUT2D eigenvalue weighted by molar-refractivity contribution is 6.38. The maximum Gasteiger partial charge on any atom is 0.267 e. The van der Waals surface area contributed by atoms with Crippen LogP contribution >= 0.6 is 0 Å². The fourth-order valence-electron chi connectivity index (χ4n) is 3.28. The van der Waals surface area contributed by atoms with E-state index < -0.39 is 5.82 Å². The van der Waals surface area contributed by atoms with Crippen molar-refractivity contribution >= 4 is 29.4 Å². The van der Waals surface area contributed by atoms with Gasteiger partial charge in [-0.25, -0.2) is 8.78 Å². The molecule has 0 saturated carbocycles. The lowest BCUT2D eigenvalue weighted by molar-refractivity contribution is -0.115. The second kappa shape index (κ2) is 13.2. The molecule has 0 aromatic heterocycles. The van der Waals surface area contributed by atoms with Gasteiger partial charge in [-0.05, 0) is 68.5 Å². The number of benzene rings is 2. The zero-order valence-corrected chi connectivity index (χ0v) is 19.2. The highest BCUT2D eigenvalue weighted by Gasteiger charge is 2.15. The van der Waals surface area contributed by atoms with Crippen molar-refractivity contribution in [2.24, 2.45) is 10.2 Å². The van der Waals surface area contributed by atoms with Crippen LogP contribution in [-0.4, -0.2) is 29.8 Å². The summed E-state index contributed by atoms with van der Waals surface area (Å²) in [7, 11) is 0. The third kappa shape index (κ3) is 8.92. The van der Waals surface area contributed by atoms with Crippen molar-refractivity contribution in [1.29, 1.82) is 0 Å². The van der Waals surface area contributed by atoms with Gasteiger partial charge in [0.2, 0.25) is 6.41 Å². The minimum atomic E-state index is -0.432. The van der Waals surface area contributed by atoms with Crippen LogP contribution in [0, 0.1) is 11.6 Å². The standard InChI is InChI=1S/C25H30F2N4O2/c1-4-6-23(31-30-18(3)13-19-7-5-8-21(26)14-19)25(33)29-17(2)9-10-20-11-12-22(27)15-24(20)28-16-32/h5,7-8,11-12,14-17H,4,6,9-10,13H2,1-3H3,(H,28,32)(H,29,33)/b30-18+,31-23+/t17-/m1/s1. The molecule has 1 atom stereocenters. The molecular weight excluding hydrogens is 426 g/mol. The molecule has 2 rings (SSSR count). The Balaban J connectivity index is 1.99. The number of anilines is 1. The second-order valence-corrected chi connectivity index (χ2v) is 7.92. The number of nitrogens with one attached hydrogen (secondary N) is 2. The summed E-state index contributed by atoms with van der Waals surface area (Å²) in [6, 6.07) is 10.3. The number of carbonyl (C=O) groups excluding carboxylic acids is 2. The van der Waals surface area contributed by atoms with Crippen molar-refractivity contribution < 1.29 is 18.4 Å². The summed E-state index contributed by atoms with van der Waals surface area (Å²) in [6.07, 6.45) is 3.28. The van der Waals surface area contributed by atoms with Gasteiger partial charge in [-0.1, -0.05) is 31.5 Å². The van der Waals surface area contributed by atoms with Crippen LogP contribution in [0.15, 0.2) is 52.7 Å². The van der Waals surface area contributed by atoms with E-state index in [2.05, 4.69) is 20.8 Å². The highest BCUT2D eigenvalue weighted by atomic mass is 19.1. The number of carbonyl (C=O) groups is 2. The molecule has 2 aromatic carbocycles. The molecule has 2 amide bonds. The number of hydrogen-bond donors (Lipinski definition) is 2. The molecule has 0 radical (unpaired) electrons. The number of nitrogens with zero attached hydrogens (tertiary/aromatic N) is 2. The van der Waals surface area contributed by atoms with Crippen LogP contribution in [-0.2, 0) is 22.4 Å². The summed E-state index contributed by atoms with van der Waals surface area (Å²) >= 11 is 0. The van der Waals surface area contributed by atoms with Crippen LogP contribution in [0.4, 0.5) is 14.5 Å². The minimum absolute atomic E-state index is 0.175. The quantitative estimate of drug-likeness (QED) is 0.272. The predicted octanol–water partition coefficient (Wildman–Crippen LogP) is 4.83. The van der Waals surface area contributed by atoms with Crippen molar-refractivity contribution in [1.82, 2.24) is 5.32 Å². The zero-order chi connectivity index (χ0) is 24.2. The summed E-state index contributed by atoms with van der Waals surface area (Å²) in [5.74, 6) is -1.03. The topological polar surface area (TPSA) is 82.9 Å². The first-order chi connectivity index (χ1) is 15.8. The summed E-state index contributed by atoms with van der Waals surface area (Å²) in [6.45, 7) is 5.61. The van der Waals surface area contributed by atoms with Crippen molar-refractivity contribution in [3.63, 3.8) is 0 Å². The number of halogens is 2. The Hall–Kier alpha value is -3.42. The van der Waals surface area contributed by atoms with E-state index in [4.69, 9.17) is 0 Å². The molecule has 2 aromatic rings. The van der Waals surface area contributed by atoms with Gasteiger partial charge in [0, 0.05) is 23.9 Å². The van der Waals surface area contributed by atoms with Gasteiger partial charge in [0.25, 0.3) is 5.91 Å². The Kier molecular flexibility index (Phi) is 10.3. The molecule has 0 aliphatic heterocycles. The first kappa shape index (κ1) is 25.8. The Labute approximate surface area is 193 Å². The Morgan fingerprint density at radius 2 is 1.88 bits per heavy atom. The fourth-order valence-corrected chi connectivity index (χ4v) is 3.28. The van der Waals surface area contributed by atoms with E-state index in [1.54, 1.807) is 19.1 Å². The van der Waals surface area contributed by atoms with E-state index in [0.29, 0.717) is 49.2 Å². The van der Waals surface area contributed by atoms with Crippen LogP contribution < -0.4 is 10.6 Å². The van der Waals surface area contributed by atoms with Crippen molar-refractivity contribution in [2.45, 2.75) is 58.9 Å². The van der Waals surface area contributed by atoms with Crippen LogP contribution in [0.5, 0.6) is 0 Å². The van der Waals surface area contributed by atoms with E-state index in [-0.39, 0.29) is 17.8 Å². The van der Waals surface area contributed by atoms with Gasteiger partial charge in [0.1, 0.15) is 17.3 Å². The van der Waals surface area contributed by atoms with Crippen molar-refractivity contribution in [3.8, 4) is 0 Å². The van der Waals surface area contributed by atoms with Crippen LogP contribution in [0.25, 0.3) is 0 Å². The average molecular weight is 457 g/mol. The Morgan fingerprint density at radius 3 is 2.58 bits per heavy atom. The molecule has 2 N–H and O–H groups in total. The summed E-state index contributed by atoms with van der Waals surface area (Å²) in [5.41, 5.74) is 2.98. The molecular formula is C25H30F2N4O2. The molecule has 0 saturated heterocycles. The Bertz CT molecular complexity index is 1020. The van der Waals surface area contributed by atoms with E-state index in [9.17, 15) is 18.4 Å². The lowest BCUT2D eigenvalue weighted by Gasteiger charge is -2.16. The van der Waals surface area contributed by atoms with E-state index in [1.807, 2.05) is 19.9 Å².